The van der Waals surface area contributed by atoms with Gasteiger partial charge in [0.25, 0.3) is 6.69 Å². The summed E-state index contributed by atoms with van der Waals surface area (Å²) in [6.45, 7) is 0.308. The van der Waals surface area contributed by atoms with Crippen LogP contribution in [0.25, 0.3) is 0 Å². The van der Waals surface area contributed by atoms with Crippen molar-refractivity contribution in [3.05, 3.63) is 0 Å². The van der Waals surface area contributed by atoms with Gasteiger partial charge in [0, 0.05) is 0 Å². The number of thiol groups is 1. The first kappa shape index (κ1) is 28.1. The lowest BCUT2D eigenvalue weighted by atomic mass is 10.0. The third-order valence-electron chi connectivity index (χ3n) is 5.57. The predicted octanol–water partition coefficient (Wildman–Crippen LogP) is 10.3. The predicted molar refractivity (Wildman–Crippen MR) is 134 cm³/mol. The van der Waals surface area contributed by atoms with E-state index in [2.05, 4.69) is 19.6 Å². The first-order chi connectivity index (χ1) is 13.1. The van der Waals surface area contributed by atoms with Crippen LogP contribution in [0.5, 0.6) is 0 Å². The zero-order valence-electron chi connectivity index (χ0n) is 18.3. The molecule has 27 heavy (non-hydrogen) atoms. The second kappa shape index (κ2) is 21.8. The quantitative estimate of drug-likeness (QED) is 0.0713. The Morgan fingerprint density at radius 3 is 1.07 bits per heavy atom. The van der Waals surface area contributed by atoms with Crippen molar-refractivity contribution in [2.75, 3.05) is 5.75 Å². The highest BCUT2D eigenvalue weighted by atomic mass is 35.7. The maximum Gasteiger partial charge on any atom is 0.251 e. The van der Waals surface area contributed by atoms with Gasteiger partial charge >= 0.3 is 0 Å². The van der Waals surface area contributed by atoms with Gasteiger partial charge in [0.1, 0.15) is 0 Å². The van der Waals surface area contributed by atoms with Crippen molar-refractivity contribution in [3.8, 4) is 0 Å². The van der Waals surface area contributed by atoms with Gasteiger partial charge in [-0.15, -0.1) is 22.2 Å². The van der Waals surface area contributed by atoms with Crippen LogP contribution in [0.15, 0.2) is 0 Å². The van der Waals surface area contributed by atoms with Crippen molar-refractivity contribution >= 4 is 41.5 Å². The van der Waals surface area contributed by atoms with Gasteiger partial charge in [0.05, 0.1) is 0 Å². The molecule has 0 rings (SSSR count). The fourth-order valence-electron chi connectivity index (χ4n) is 3.81. The molecule has 0 saturated carbocycles. The monoisotopic (exact) mass is 454 g/mol. The average Bonchev–Trinajstić information content (AvgIpc) is 2.63. The Balaban J connectivity index is 3.09. The summed E-state index contributed by atoms with van der Waals surface area (Å²) < 4.78 is 0. The van der Waals surface area contributed by atoms with Crippen LogP contribution in [0.2, 0.25) is 12.1 Å². The van der Waals surface area contributed by atoms with Gasteiger partial charge in [0.15, 0.2) is 0 Å². The van der Waals surface area contributed by atoms with Gasteiger partial charge in [-0.25, -0.2) is 0 Å². The van der Waals surface area contributed by atoms with Crippen LogP contribution in [0.4, 0.5) is 0 Å². The molecule has 0 atom stereocenters. The molecule has 0 aliphatic carbocycles. The minimum Gasteiger partial charge on any atom is -0.179 e. The Hall–Kier alpha value is 1.15. The molecule has 0 unspecified atom stereocenters. The molecule has 0 fully saturated rings. The van der Waals surface area contributed by atoms with Gasteiger partial charge < -0.3 is 0 Å². The number of halogens is 2. The first-order valence-electron chi connectivity index (χ1n) is 12.1. The van der Waals surface area contributed by atoms with Crippen molar-refractivity contribution < 1.29 is 0 Å². The van der Waals surface area contributed by atoms with E-state index in [9.17, 15) is 0 Å². The third-order valence-corrected chi connectivity index (χ3v) is 10.5. The lowest BCUT2D eigenvalue weighted by Crippen LogP contribution is -2.17. The van der Waals surface area contributed by atoms with Crippen LogP contribution in [-0.2, 0) is 0 Å². The molecular weight excluding hydrogens is 407 g/mol. The van der Waals surface area contributed by atoms with Gasteiger partial charge in [-0.05, 0) is 24.3 Å². The maximum absolute atomic E-state index is 6.42. The molecule has 0 aliphatic heterocycles. The normalized spacial score (nSPS) is 12.0. The number of unbranched alkanes of at least 4 members (excludes halogenated alkanes) is 17. The van der Waals surface area contributed by atoms with E-state index in [1.165, 1.54) is 116 Å². The molecule has 0 saturated heterocycles. The maximum atomic E-state index is 6.42. The van der Waals surface area contributed by atoms with Gasteiger partial charge in [-0.3, -0.25) is 0 Å². The summed E-state index contributed by atoms with van der Waals surface area (Å²) >= 11 is 17.1. The smallest absolute Gasteiger partial charge is 0.179 e. The van der Waals surface area contributed by atoms with Crippen molar-refractivity contribution in [1.82, 2.24) is 0 Å². The Bertz CT molecular complexity index is 288. The lowest BCUT2D eigenvalue weighted by Gasteiger charge is -2.14. The topological polar surface area (TPSA) is 0 Å². The van der Waals surface area contributed by atoms with E-state index < -0.39 is 6.69 Å². The Kier molecular flexibility index (Phi) is 22.8. The highest BCUT2D eigenvalue weighted by molar-refractivity contribution is 7.80. The fourth-order valence-corrected chi connectivity index (χ4v) is 7.72. The van der Waals surface area contributed by atoms with Crippen LogP contribution < -0.4 is 0 Å². The molecule has 0 aromatic carbocycles. The van der Waals surface area contributed by atoms with E-state index in [0.29, 0.717) is 0 Å². The SMILES string of the molecule is CCC[Si](Cl)(Cl)CCCCCCCCCCCCCCCCCCCCS. The summed E-state index contributed by atoms with van der Waals surface area (Å²) in [5, 5.41) is 0. The first-order valence-corrected chi connectivity index (χ1v) is 17.2. The van der Waals surface area contributed by atoms with Crippen LogP contribution in [0.3, 0.4) is 0 Å². The minimum absolute atomic E-state index is 1.06. The Labute approximate surface area is 187 Å². The number of hydrogen-bond donors (Lipinski definition) is 1. The summed E-state index contributed by atoms with van der Waals surface area (Å²) in [5.74, 6) is 1.06. The molecule has 0 spiro atoms. The van der Waals surface area contributed by atoms with E-state index in [1.54, 1.807) is 0 Å². The van der Waals surface area contributed by atoms with E-state index in [-0.39, 0.29) is 0 Å². The molecule has 0 heterocycles. The van der Waals surface area contributed by atoms with Crippen molar-refractivity contribution in [2.45, 2.75) is 141 Å². The third kappa shape index (κ3) is 23.3. The molecule has 0 radical (unpaired) electrons. The largest absolute Gasteiger partial charge is 0.251 e. The molecule has 0 aromatic heterocycles. The molecule has 164 valence electrons. The molecule has 0 aromatic rings. The van der Waals surface area contributed by atoms with E-state index >= 15 is 0 Å². The number of hydrogen-bond acceptors (Lipinski definition) is 1. The molecule has 0 amide bonds. The highest BCUT2D eigenvalue weighted by Gasteiger charge is 2.25. The van der Waals surface area contributed by atoms with Crippen LogP contribution in [0.1, 0.15) is 129 Å². The van der Waals surface area contributed by atoms with Crippen molar-refractivity contribution in [2.24, 2.45) is 0 Å². The lowest BCUT2D eigenvalue weighted by molar-refractivity contribution is 0.526. The molecule has 0 aliphatic rings. The Morgan fingerprint density at radius 2 is 0.778 bits per heavy atom. The average molecular weight is 456 g/mol. The Morgan fingerprint density at radius 1 is 0.481 bits per heavy atom. The molecule has 0 N–H and O–H groups in total. The second-order valence-electron chi connectivity index (χ2n) is 8.44. The van der Waals surface area contributed by atoms with E-state index in [0.717, 1.165) is 24.3 Å². The van der Waals surface area contributed by atoms with Gasteiger partial charge in [-0.1, -0.05) is 122 Å². The van der Waals surface area contributed by atoms with Crippen LogP contribution >= 0.6 is 34.8 Å². The summed E-state index contributed by atoms with van der Waals surface area (Å²) in [6.07, 6.45) is 26.5. The van der Waals surface area contributed by atoms with Gasteiger partial charge in [-0.2, -0.15) is 12.6 Å². The van der Waals surface area contributed by atoms with Crippen molar-refractivity contribution in [3.63, 3.8) is 0 Å². The minimum atomic E-state index is -1.87. The molecule has 4 heteroatoms. The summed E-state index contributed by atoms with van der Waals surface area (Å²) in [7, 11) is 0. The molecular formula is C23H48Cl2SSi. The summed E-state index contributed by atoms with van der Waals surface area (Å²) in [5.41, 5.74) is 0. The molecule has 0 bridgehead atoms. The summed E-state index contributed by atoms with van der Waals surface area (Å²) in [4.78, 5) is 0. The van der Waals surface area contributed by atoms with Crippen LogP contribution in [-0.4, -0.2) is 12.4 Å². The van der Waals surface area contributed by atoms with E-state index in [4.69, 9.17) is 22.2 Å². The zero-order valence-corrected chi connectivity index (χ0v) is 21.7. The zero-order chi connectivity index (χ0) is 20.1. The standard InChI is InChI=1S/C23H48Cl2SSi/c1-2-22-27(24,25)23-20-18-16-14-12-10-8-6-4-3-5-7-9-11-13-15-17-19-21-26/h26H,2-23H2,1H3. The van der Waals surface area contributed by atoms with Crippen molar-refractivity contribution in [1.29, 1.82) is 0 Å². The van der Waals surface area contributed by atoms with Crippen LogP contribution in [0, 0.1) is 0 Å². The number of rotatable bonds is 22. The highest BCUT2D eigenvalue weighted by Crippen LogP contribution is 2.29. The summed E-state index contributed by atoms with van der Waals surface area (Å²) in [6, 6.07) is 2.16. The second-order valence-corrected chi connectivity index (χ2v) is 16.5. The van der Waals surface area contributed by atoms with Gasteiger partial charge in [0.2, 0.25) is 0 Å². The fraction of sp³-hybridized carbons (Fsp3) is 1.00. The van der Waals surface area contributed by atoms with E-state index in [1.807, 2.05) is 0 Å². The molecule has 0 nitrogen and oxygen atoms in total.